The summed E-state index contributed by atoms with van der Waals surface area (Å²) < 4.78 is 1.26. The molecule has 1 rings (SSSR count). The predicted octanol–water partition coefficient (Wildman–Crippen LogP) is 3.12. The standard InChI is InChI=1S/C11H12IN/c1-2-3-4-9-13-11-7-5-10(12)6-8-11/h1,5-8,13H,3-4,9H2. The molecule has 0 aromatic heterocycles. The Kier molecular flexibility index (Phi) is 4.69. The minimum Gasteiger partial charge on any atom is -0.385 e. The van der Waals surface area contributed by atoms with Crippen LogP contribution in [0.4, 0.5) is 5.69 Å². The van der Waals surface area contributed by atoms with Gasteiger partial charge >= 0.3 is 0 Å². The molecule has 1 nitrogen and oxygen atoms in total. The fourth-order valence-electron chi connectivity index (χ4n) is 0.991. The van der Waals surface area contributed by atoms with Crippen molar-refractivity contribution in [1.29, 1.82) is 0 Å². The Morgan fingerprint density at radius 1 is 1.31 bits per heavy atom. The van der Waals surface area contributed by atoms with E-state index in [1.165, 1.54) is 3.57 Å². The van der Waals surface area contributed by atoms with Crippen LogP contribution in [0.15, 0.2) is 24.3 Å². The normalized spacial score (nSPS) is 9.23. The van der Waals surface area contributed by atoms with Crippen molar-refractivity contribution in [2.24, 2.45) is 0 Å². The fraction of sp³-hybridized carbons (Fsp3) is 0.273. The van der Waals surface area contributed by atoms with Crippen molar-refractivity contribution < 1.29 is 0 Å². The van der Waals surface area contributed by atoms with E-state index in [2.05, 4.69) is 58.1 Å². The largest absolute Gasteiger partial charge is 0.385 e. The van der Waals surface area contributed by atoms with E-state index < -0.39 is 0 Å². The summed E-state index contributed by atoms with van der Waals surface area (Å²) in [6.07, 6.45) is 7.02. The summed E-state index contributed by atoms with van der Waals surface area (Å²) in [6, 6.07) is 8.34. The maximum absolute atomic E-state index is 5.15. The molecule has 0 aliphatic heterocycles. The van der Waals surface area contributed by atoms with Gasteiger partial charge in [-0.05, 0) is 53.3 Å². The zero-order valence-electron chi connectivity index (χ0n) is 7.39. The molecule has 0 saturated heterocycles. The Labute approximate surface area is 93.1 Å². The molecule has 68 valence electrons. The second-order valence-electron chi connectivity index (χ2n) is 2.74. The first-order chi connectivity index (χ1) is 6.33. The summed E-state index contributed by atoms with van der Waals surface area (Å²) in [5.74, 6) is 2.62. The number of nitrogens with one attached hydrogen (secondary N) is 1. The van der Waals surface area contributed by atoms with E-state index in [1.54, 1.807) is 0 Å². The zero-order valence-corrected chi connectivity index (χ0v) is 9.54. The number of hydrogen-bond donors (Lipinski definition) is 1. The zero-order chi connectivity index (χ0) is 9.52. The van der Waals surface area contributed by atoms with Gasteiger partial charge in [0.15, 0.2) is 0 Å². The summed E-state index contributed by atoms with van der Waals surface area (Å²) in [5, 5.41) is 3.31. The van der Waals surface area contributed by atoms with E-state index >= 15 is 0 Å². The van der Waals surface area contributed by atoms with Gasteiger partial charge in [0.05, 0.1) is 0 Å². The molecular formula is C11H12IN. The van der Waals surface area contributed by atoms with Gasteiger partial charge < -0.3 is 5.32 Å². The third kappa shape index (κ3) is 4.18. The van der Waals surface area contributed by atoms with E-state index in [0.717, 1.165) is 25.1 Å². The van der Waals surface area contributed by atoms with Crippen molar-refractivity contribution in [3.63, 3.8) is 0 Å². The molecule has 13 heavy (non-hydrogen) atoms. The molecule has 0 aliphatic carbocycles. The minimum atomic E-state index is 0.845. The van der Waals surface area contributed by atoms with Crippen LogP contribution in [0, 0.1) is 15.9 Å². The quantitative estimate of drug-likeness (QED) is 0.509. The van der Waals surface area contributed by atoms with E-state index in [0.29, 0.717) is 0 Å². The van der Waals surface area contributed by atoms with Crippen LogP contribution in [0.2, 0.25) is 0 Å². The minimum absolute atomic E-state index is 0.845. The molecule has 0 atom stereocenters. The molecule has 0 fully saturated rings. The number of hydrogen-bond acceptors (Lipinski definition) is 1. The van der Waals surface area contributed by atoms with Gasteiger partial charge in [-0.25, -0.2) is 0 Å². The summed E-state index contributed by atoms with van der Waals surface area (Å²) >= 11 is 2.29. The van der Waals surface area contributed by atoms with Crippen LogP contribution >= 0.6 is 22.6 Å². The first-order valence-electron chi connectivity index (χ1n) is 4.26. The van der Waals surface area contributed by atoms with Crippen molar-refractivity contribution in [2.45, 2.75) is 12.8 Å². The Morgan fingerprint density at radius 2 is 2.00 bits per heavy atom. The van der Waals surface area contributed by atoms with E-state index in [9.17, 15) is 0 Å². The second-order valence-corrected chi connectivity index (χ2v) is 3.99. The number of unbranched alkanes of at least 4 members (excludes halogenated alkanes) is 1. The van der Waals surface area contributed by atoms with Gasteiger partial charge in [0, 0.05) is 22.2 Å². The molecule has 0 amide bonds. The molecule has 0 bridgehead atoms. The van der Waals surface area contributed by atoms with E-state index in [-0.39, 0.29) is 0 Å². The third-order valence-electron chi connectivity index (χ3n) is 1.67. The maximum atomic E-state index is 5.15. The number of rotatable bonds is 4. The smallest absolute Gasteiger partial charge is 0.0340 e. The highest BCUT2D eigenvalue weighted by molar-refractivity contribution is 14.1. The first kappa shape index (κ1) is 10.4. The highest BCUT2D eigenvalue weighted by Crippen LogP contribution is 2.10. The molecule has 1 aromatic carbocycles. The van der Waals surface area contributed by atoms with Crippen LogP contribution in [-0.2, 0) is 0 Å². The van der Waals surface area contributed by atoms with Gasteiger partial charge in [-0.2, -0.15) is 0 Å². The number of benzene rings is 1. The van der Waals surface area contributed by atoms with Gasteiger partial charge in [0.2, 0.25) is 0 Å². The average Bonchev–Trinajstić information content (AvgIpc) is 2.15. The Bertz CT molecular complexity index is 284. The van der Waals surface area contributed by atoms with Crippen LogP contribution in [0.3, 0.4) is 0 Å². The van der Waals surface area contributed by atoms with Gasteiger partial charge in [0.1, 0.15) is 0 Å². The lowest BCUT2D eigenvalue weighted by molar-refractivity contribution is 0.907. The molecule has 2 heteroatoms. The molecule has 0 saturated carbocycles. The van der Waals surface area contributed by atoms with Crippen LogP contribution in [0.1, 0.15) is 12.8 Å². The second kappa shape index (κ2) is 5.87. The monoisotopic (exact) mass is 285 g/mol. The number of terminal acetylenes is 1. The van der Waals surface area contributed by atoms with Crippen molar-refractivity contribution in [2.75, 3.05) is 11.9 Å². The molecule has 1 aromatic rings. The third-order valence-corrected chi connectivity index (χ3v) is 2.39. The molecule has 1 N–H and O–H groups in total. The maximum Gasteiger partial charge on any atom is 0.0340 e. The molecule has 0 radical (unpaired) electrons. The Morgan fingerprint density at radius 3 is 2.62 bits per heavy atom. The lowest BCUT2D eigenvalue weighted by Gasteiger charge is -2.04. The fourth-order valence-corrected chi connectivity index (χ4v) is 1.35. The van der Waals surface area contributed by atoms with Crippen molar-refractivity contribution in [3.05, 3.63) is 27.8 Å². The molecule has 0 heterocycles. The summed E-state index contributed by atoms with van der Waals surface area (Å²) in [7, 11) is 0. The van der Waals surface area contributed by atoms with Crippen molar-refractivity contribution >= 4 is 28.3 Å². The Balaban J connectivity index is 2.30. The molecule has 0 aliphatic rings. The lowest BCUT2D eigenvalue weighted by Crippen LogP contribution is -2.00. The number of anilines is 1. The van der Waals surface area contributed by atoms with Crippen LogP contribution in [0.25, 0.3) is 0 Å². The number of halogens is 1. The van der Waals surface area contributed by atoms with Crippen LogP contribution < -0.4 is 5.32 Å². The summed E-state index contributed by atoms with van der Waals surface area (Å²) in [4.78, 5) is 0. The predicted molar refractivity (Wildman–Crippen MR) is 65.7 cm³/mol. The topological polar surface area (TPSA) is 12.0 Å². The van der Waals surface area contributed by atoms with Crippen molar-refractivity contribution in [1.82, 2.24) is 0 Å². The van der Waals surface area contributed by atoms with Gasteiger partial charge in [0.25, 0.3) is 0 Å². The van der Waals surface area contributed by atoms with Crippen LogP contribution in [-0.4, -0.2) is 6.54 Å². The average molecular weight is 285 g/mol. The highest BCUT2D eigenvalue weighted by atomic mass is 127. The van der Waals surface area contributed by atoms with Gasteiger partial charge in [-0.15, -0.1) is 12.3 Å². The van der Waals surface area contributed by atoms with E-state index in [1.807, 2.05) is 0 Å². The van der Waals surface area contributed by atoms with E-state index in [4.69, 9.17) is 6.42 Å². The molecule has 0 spiro atoms. The van der Waals surface area contributed by atoms with Gasteiger partial charge in [-0.1, -0.05) is 0 Å². The molecule has 0 unspecified atom stereocenters. The van der Waals surface area contributed by atoms with Gasteiger partial charge in [-0.3, -0.25) is 0 Å². The lowest BCUT2D eigenvalue weighted by atomic mass is 10.3. The Hall–Kier alpha value is -0.690. The SMILES string of the molecule is C#CCCCNc1ccc(I)cc1. The highest BCUT2D eigenvalue weighted by Gasteiger charge is 1.90. The molecular weight excluding hydrogens is 273 g/mol. The summed E-state index contributed by atoms with van der Waals surface area (Å²) in [5.41, 5.74) is 1.16. The van der Waals surface area contributed by atoms with Crippen molar-refractivity contribution in [3.8, 4) is 12.3 Å². The summed E-state index contributed by atoms with van der Waals surface area (Å²) in [6.45, 7) is 0.949. The first-order valence-corrected chi connectivity index (χ1v) is 5.33. The van der Waals surface area contributed by atoms with Crippen LogP contribution in [0.5, 0.6) is 0 Å².